The summed E-state index contributed by atoms with van der Waals surface area (Å²) < 4.78 is 12.0. The fourth-order valence-corrected chi connectivity index (χ4v) is 7.21. The zero-order valence-electron chi connectivity index (χ0n) is 21.4. The SMILES string of the molecule is C=CCN(C(=O)C1N(CCCCCO)C(=O)[C@@H]2[C@@H](C(=O)OCC)[C@@]3(C)CCC12O3)C1CCCCC1. The van der Waals surface area contributed by atoms with Crippen molar-refractivity contribution < 1.29 is 29.0 Å². The molecule has 1 aliphatic carbocycles. The van der Waals surface area contributed by atoms with Crippen LogP contribution in [0.2, 0.25) is 0 Å². The Morgan fingerprint density at radius 2 is 1.97 bits per heavy atom. The molecular formula is C27H42N2O6. The second-order valence-electron chi connectivity index (χ2n) is 10.9. The molecule has 2 bridgehead atoms. The molecule has 8 heteroatoms. The lowest BCUT2D eigenvalue weighted by atomic mass is 9.66. The van der Waals surface area contributed by atoms with E-state index in [4.69, 9.17) is 9.47 Å². The number of nitrogens with zero attached hydrogens (tertiary/aromatic N) is 2. The molecule has 2 unspecified atom stereocenters. The number of hydrogen-bond acceptors (Lipinski definition) is 6. The van der Waals surface area contributed by atoms with Gasteiger partial charge in [-0.15, -0.1) is 6.58 Å². The van der Waals surface area contributed by atoms with Crippen LogP contribution in [0.5, 0.6) is 0 Å². The maximum Gasteiger partial charge on any atom is 0.312 e. The number of carbonyl (C=O) groups is 3. The normalized spacial score (nSPS) is 34.2. The van der Waals surface area contributed by atoms with E-state index in [1.54, 1.807) is 17.9 Å². The van der Waals surface area contributed by atoms with Gasteiger partial charge in [-0.25, -0.2) is 0 Å². The molecule has 8 nitrogen and oxygen atoms in total. The van der Waals surface area contributed by atoms with Gasteiger partial charge in [0.25, 0.3) is 0 Å². The lowest BCUT2D eigenvalue weighted by Crippen LogP contribution is -2.58. The molecule has 1 N–H and O–H groups in total. The first kappa shape index (κ1) is 26.1. The van der Waals surface area contributed by atoms with Crippen molar-refractivity contribution in [3.8, 4) is 0 Å². The van der Waals surface area contributed by atoms with Gasteiger partial charge in [-0.2, -0.15) is 0 Å². The molecule has 0 aromatic heterocycles. The highest BCUT2D eigenvalue weighted by Gasteiger charge is 2.78. The van der Waals surface area contributed by atoms with Crippen LogP contribution >= 0.6 is 0 Å². The Balaban J connectivity index is 1.70. The predicted octanol–water partition coefficient (Wildman–Crippen LogP) is 2.82. The number of rotatable bonds is 11. The molecule has 3 saturated heterocycles. The first-order valence-corrected chi connectivity index (χ1v) is 13.5. The van der Waals surface area contributed by atoms with Crippen molar-refractivity contribution >= 4 is 17.8 Å². The third kappa shape index (κ3) is 4.41. The molecule has 4 fully saturated rings. The van der Waals surface area contributed by atoms with Gasteiger partial charge in [0.1, 0.15) is 17.6 Å². The summed E-state index contributed by atoms with van der Waals surface area (Å²) in [7, 11) is 0. The summed E-state index contributed by atoms with van der Waals surface area (Å²) in [6, 6.07) is -0.622. The molecule has 0 radical (unpaired) electrons. The van der Waals surface area contributed by atoms with Crippen LogP contribution < -0.4 is 0 Å². The summed E-state index contributed by atoms with van der Waals surface area (Å²) in [6.45, 7) is 8.74. The fraction of sp³-hybridized carbons (Fsp3) is 0.815. The van der Waals surface area contributed by atoms with Gasteiger partial charge < -0.3 is 24.4 Å². The van der Waals surface area contributed by atoms with Crippen LogP contribution in [0, 0.1) is 11.8 Å². The zero-order valence-corrected chi connectivity index (χ0v) is 21.4. The minimum Gasteiger partial charge on any atom is -0.466 e. The summed E-state index contributed by atoms with van der Waals surface area (Å²) >= 11 is 0. The number of esters is 1. The summed E-state index contributed by atoms with van der Waals surface area (Å²) in [5.41, 5.74) is -1.81. The van der Waals surface area contributed by atoms with Crippen LogP contribution in [-0.4, -0.2) is 82.3 Å². The van der Waals surface area contributed by atoms with E-state index in [0.717, 1.165) is 32.1 Å². The molecule has 4 rings (SSSR count). The summed E-state index contributed by atoms with van der Waals surface area (Å²) in [6.07, 6.45) is 10.3. The lowest BCUT2D eigenvalue weighted by Gasteiger charge is -2.40. The van der Waals surface area contributed by atoms with Crippen molar-refractivity contribution in [1.29, 1.82) is 0 Å². The maximum atomic E-state index is 14.4. The smallest absolute Gasteiger partial charge is 0.312 e. The van der Waals surface area contributed by atoms with E-state index in [2.05, 4.69) is 6.58 Å². The number of amides is 2. The van der Waals surface area contributed by atoms with Crippen LogP contribution in [0.3, 0.4) is 0 Å². The molecule has 196 valence electrons. The largest absolute Gasteiger partial charge is 0.466 e. The fourth-order valence-electron chi connectivity index (χ4n) is 7.21. The van der Waals surface area contributed by atoms with E-state index in [0.29, 0.717) is 38.8 Å². The number of hydrogen-bond donors (Lipinski definition) is 1. The second kappa shape index (κ2) is 10.6. The topological polar surface area (TPSA) is 96.4 Å². The van der Waals surface area contributed by atoms with E-state index in [9.17, 15) is 19.5 Å². The number of aliphatic hydroxyl groups excluding tert-OH is 1. The number of carbonyl (C=O) groups excluding carboxylic acids is 3. The Labute approximate surface area is 209 Å². The summed E-state index contributed by atoms with van der Waals surface area (Å²) in [4.78, 5) is 45.0. The van der Waals surface area contributed by atoms with Crippen LogP contribution in [0.15, 0.2) is 12.7 Å². The molecule has 0 aromatic carbocycles. The zero-order chi connectivity index (χ0) is 25.2. The van der Waals surface area contributed by atoms with E-state index in [1.807, 2.05) is 11.8 Å². The van der Waals surface area contributed by atoms with E-state index < -0.39 is 35.0 Å². The molecular weight excluding hydrogens is 448 g/mol. The molecule has 3 aliphatic heterocycles. The number of likely N-dealkylation sites (tertiary alicyclic amines) is 1. The summed E-state index contributed by atoms with van der Waals surface area (Å²) in [5, 5.41) is 9.20. The number of unbranched alkanes of at least 4 members (excludes halogenated alkanes) is 2. The van der Waals surface area contributed by atoms with Crippen LogP contribution in [0.1, 0.15) is 78.1 Å². The minimum absolute atomic E-state index is 0.0800. The van der Waals surface area contributed by atoms with Gasteiger partial charge in [-0.05, 0) is 58.8 Å². The predicted molar refractivity (Wildman–Crippen MR) is 130 cm³/mol. The second-order valence-corrected chi connectivity index (χ2v) is 10.9. The maximum absolute atomic E-state index is 14.4. The van der Waals surface area contributed by atoms with Gasteiger partial charge in [0.05, 0.1) is 18.1 Å². The van der Waals surface area contributed by atoms with Crippen molar-refractivity contribution in [3.63, 3.8) is 0 Å². The Bertz CT molecular complexity index is 826. The monoisotopic (exact) mass is 490 g/mol. The molecule has 2 amide bonds. The molecule has 3 heterocycles. The van der Waals surface area contributed by atoms with Gasteiger partial charge in [0.2, 0.25) is 11.8 Å². The standard InChI is InChI=1S/C27H42N2O6/c1-4-16-28(19-12-8-6-9-13-19)24(32)22-27-15-14-26(3,35-27)21(25(33)34-5-2)20(27)23(31)29(22)17-10-7-11-18-30/h4,19-22,30H,1,5-18H2,2-3H3/t20-,21-,22?,26+,27?/m0/s1. The minimum atomic E-state index is -1.01. The van der Waals surface area contributed by atoms with Crippen molar-refractivity contribution in [2.45, 2.75) is 101 Å². The molecule has 5 atom stereocenters. The number of fused-ring (bicyclic) bond motifs is 1. The quantitative estimate of drug-likeness (QED) is 0.272. The Kier molecular flexibility index (Phi) is 7.91. The van der Waals surface area contributed by atoms with Crippen molar-refractivity contribution in [3.05, 3.63) is 12.7 Å². The molecule has 0 aromatic rings. The highest BCUT2D eigenvalue weighted by Crippen LogP contribution is 2.63. The van der Waals surface area contributed by atoms with Gasteiger partial charge in [-0.1, -0.05) is 25.3 Å². The first-order valence-electron chi connectivity index (χ1n) is 13.5. The average Bonchev–Trinajstić information content (AvgIpc) is 3.41. The average molecular weight is 491 g/mol. The number of aliphatic hydroxyl groups is 1. The van der Waals surface area contributed by atoms with Gasteiger partial charge in [0, 0.05) is 25.7 Å². The molecule has 35 heavy (non-hydrogen) atoms. The number of ether oxygens (including phenoxy) is 2. The summed E-state index contributed by atoms with van der Waals surface area (Å²) in [5.74, 6) is -2.06. The Morgan fingerprint density at radius 3 is 2.63 bits per heavy atom. The van der Waals surface area contributed by atoms with Gasteiger partial charge >= 0.3 is 5.97 Å². The van der Waals surface area contributed by atoms with Crippen molar-refractivity contribution in [1.82, 2.24) is 9.80 Å². The van der Waals surface area contributed by atoms with Crippen molar-refractivity contribution in [2.75, 3.05) is 26.3 Å². The lowest BCUT2D eigenvalue weighted by molar-refractivity contribution is -0.160. The van der Waals surface area contributed by atoms with Crippen LogP contribution in [0.25, 0.3) is 0 Å². The van der Waals surface area contributed by atoms with E-state index >= 15 is 0 Å². The molecule has 4 aliphatic rings. The van der Waals surface area contributed by atoms with Crippen LogP contribution in [-0.2, 0) is 23.9 Å². The van der Waals surface area contributed by atoms with Gasteiger partial charge in [0.15, 0.2) is 0 Å². The third-order valence-corrected chi connectivity index (χ3v) is 8.73. The van der Waals surface area contributed by atoms with Crippen LogP contribution in [0.4, 0.5) is 0 Å². The molecule has 1 saturated carbocycles. The van der Waals surface area contributed by atoms with E-state index in [-0.39, 0.29) is 31.1 Å². The Hall–Kier alpha value is -1.93. The highest BCUT2D eigenvalue weighted by atomic mass is 16.6. The third-order valence-electron chi connectivity index (χ3n) is 8.73. The Morgan fingerprint density at radius 1 is 1.23 bits per heavy atom. The highest BCUT2D eigenvalue weighted by molar-refractivity contribution is 5.98. The van der Waals surface area contributed by atoms with Crippen molar-refractivity contribution in [2.24, 2.45) is 11.8 Å². The first-order chi connectivity index (χ1) is 16.8. The molecule has 1 spiro atoms. The van der Waals surface area contributed by atoms with Gasteiger partial charge in [-0.3, -0.25) is 14.4 Å². The van der Waals surface area contributed by atoms with E-state index in [1.165, 1.54) is 6.42 Å².